The molecular weight excluding hydrogens is 326 g/mol. The average Bonchev–Trinajstić information content (AvgIpc) is 2.34. The van der Waals surface area contributed by atoms with Crippen LogP contribution in [0.1, 0.15) is 18.9 Å². The molecule has 100 valence electrons. The standard InChI is InChI=1S/C12H13BrF2O2S/c1-7(5-11(16)17-2)18-6-8-10(14)4-3-9(13)12(8)15/h3-4,7H,5-6H2,1-2H3. The summed E-state index contributed by atoms with van der Waals surface area (Å²) >= 11 is 4.32. The number of carbonyl (C=O) groups is 1. The van der Waals surface area contributed by atoms with Crippen LogP contribution < -0.4 is 0 Å². The Hall–Kier alpha value is -0.620. The van der Waals surface area contributed by atoms with E-state index in [2.05, 4.69) is 20.7 Å². The van der Waals surface area contributed by atoms with Crippen molar-refractivity contribution in [1.82, 2.24) is 0 Å². The summed E-state index contributed by atoms with van der Waals surface area (Å²) in [6.07, 6.45) is 0.221. The third-order valence-electron chi connectivity index (χ3n) is 2.33. The van der Waals surface area contributed by atoms with E-state index in [1.165, 1.54) is 31.0 Å². The highest BCUT2D eigenvalue weighted by molar-refractivity contribution is 9.10. The predicted octanol–water partition coefficient (Wildman–Crippen LogP) is 3.91. The topological polar surface area (TPSA) is 26.3 Å². The molecule has 0 aliphatic rings. The van der Waals surface area contributed by atoms with E-state index in [0.29, 0.717) is 0 Å². The van der Waals surface area contributed by atoms with Crippen molar-refractivity contribution in [2.24, 2.45) is 0 Å². The Morgan fingerprint density at radius 2 is 2.17 bits per heavy atom. The van der Waals surface area contributed by atoms with Crippen molar-refractivity contribution < 1.29 is 18.3 Å². The van der Waals surface area contributed by atoms with Gasteiger partial charge in [-0.1, -0.05) is 6.92 Å². The van der Waals surface area contributed by atoms with Crippen LogP contribution in [0.3, 0.4) is 0 Å². The van der Waals surface area contributed by atoms with Gasteiger partial charge in [-0.2, -0.15) is 11.8 Å². The van der Waals surface area contributed by atoms with Gasteiger partial charge >= 0.3 is 5.97 Å². The molecule has 2 nitrogen and oxygen atoms in total. The Kier molecular flexibility index (Phi) is 6.08. The van der Waals surface area contributed by atoms with Crippen LogP contribution in [0, 0.1) is 11.6 Å². The molecule has 0 saturated heterocycles. The molecule has 1 atom stereocenters. The largest absolute Gasteiger partial charge is 0.469 e. The lowest BCUT2D eigenvalue weighted by Crippen LogP contribution is -2.09. The Morgan fingerprint density at radius 1 is 1.50 bits per heavy atom. The van der Waals surface area contributed by atoms with Crippen LogP contribution in [-0.4, -0.2) is 18.3 Å². The molecule has 0 aliphatic carbocycles. The molecule has 1 unspecified atom stereocenters. The molecule has 0 saturated carbocycles. The smallest absolute Gasteiger partial charge is 0.306 e. The Balaban J connectivity index is 2.63. The third-order valence-corrected chi connectivity index (χ3v) is 4.14. The van der Waals surface area contributed by atoms with Crippen molar-refractivity contribution in [3.63, 3.8) is 0 Å². The summed E-state index contributed by atoms with van der Waals surface area (Å²) in [5.41, 5.74) is 0.0195. The van der Waals surface area contributed by atoms with Gasteiger partial charge in [0.2, 0.25) is 0 Å². The van der Waals surface area contributed by atoms with E-state index in [0.717, 1.165) is 0 Å². The van der Waals surface area contributed by atoms with Crippen molar-refractivity contribution in [2.45, 2.75) is 24.3 Å². The zero-order valence-electron chi connectivity index (χ0n) is 10.0. The van der Waals surface area contributed by atoms with E-state index < -0.39 is 11.6 Å². The van der Waals surface area contributed by atoms with E-state index >= 15 is 0 Å². The summed E-state index contributed by atoms with van der Waals surface area (Å²) < 4.78 is 31.9. The number of carbonyl (C=O) groups excluding carboxylic acids is 1. The molecule has 0 aromatic heterocycles. The van der Waals surface area contributed by atoms with Gasteiger partial charge in [0, 0.05) is 16.6 Å². The Morgan fingerprint density at radius 3 is 2.78 bits per heavy atom. The minimum Gasteiger partial charge on any atom is -0.469 e. The fourth-order valence-electron chi connectivity index (χ4n) is 1.30. The maximum atomic E-state index is 13.6. The van der Waals surface area contributed by atoms with Crippen LogP contribution in [0.2, 0.25) is 0 Å². The molecule has 1 aromatic carbocycles. The van der Waals surface area contributed by atoms with Gasteiger partial charge in [0.1, 0.15) is 11.6 Å². The van der Waals surface area contributed by atoms with Gasteiger partial charge in [-0.3, -0.25) is 4.79 Å². The molecule has 0 aliphatic heterocycles. The Labute approximate surface area is 117 Å². The number of thioether (sulfide) groups is 1. The maximum absolute atomic E-state index is 13.6. The Bertz CT molecular complexity index is 440. The summed E-state index contributed by atoms with van der Waals surface area (Å²) in [5, 5.41) is -0.0600. The molecule has 1 rings (SSSR count). The van der Waals surface area contributed by atoms with Gasteiger partial charge in [-0.25, -0.2) is 8.78 Å². The monoisotopic (exact) mass is 338 g/mol. The number of hydrogen-bond acceptors (Lipinski definition) is 3. The van der Waals surface area contributed by atoms with E-state index in [-0.39, 0.29) is 33.4 Å². The fraction of sp³-hybridized carbons (Fsp3) is 0.417. The van der Waals surface area contributed by atoms with E-state index in [4.69, 9.17) is 0 Å². The molecule has 0 heterocycles. The van der Waals surface area contributed by atoms with Crippen LogP contribution in [0.5, 0.6) is 0 Å². The van der Waals surface area contributed by atoms with Crippen LogP contribution in [0.4, 0.5) is 8.78 Å². The first-order valence-electron chi connectivity index (χ1n) is 5.26. The highest BCUT2D eigenvalue weighted by Gasteiger charge is 2.15. The zero-order chi connectivity index (χ0) is 13.7. The number of methoxy groups -OCH3 is 1. The molecule has 0 fully saturated rings. The summed E-state index contributed by atoms with van der Waals surface area (Å²) in [4.78, 5) is 11.0. The lowest BCUT2D eigenvalue weighted by atomic mass is 10.2. The summed E-state index contributed by atoms with van der Waals surface area (Å²) in [7, 11) is 1.31. The van der Waals surface area contributed by atoms with Gasteiger partial charge in [0.15, 0.2) is 0 Å². The number of halogens is 3. The normalized spacial score (nSPS) is 12.3. The third kappa shape index (κ3) is 4.24. The van der Waals surface area contributed by atoms with E-state index in [9.17, 15) is 13.6 Å². The van der Waals surface area contributed by atoms with Crippen molar-refractivity contribution in [2.75, 3.05) is 7.11 Å². The molecule has 0 bridgehead atoms. The minimum absolute atomic E-state index is 0.0195. The second-order valence-electron chi connectivity index (χ2n) is 3.72. The average molecular weight is 339 g/mol. The fourth-order valence-corrected chi connectivity index (χ4v) is 2.65. The summed E-state index contributed by atoms with van der Waals surface area (Å²) in [6.45, 7) is 1.81. The molecule has 18 heavy (non-hydrogen) atoms. The van der Waals surface area contributed by atoms with Crippen molar-refractivity contribution >= 4 is 33.7 Å². The second kappa shape index (κ2) is 7.09. The van der Waals surface area contributed by atoms with Gasteiger partial charge in [0.05, 0.1) is 18.0 Å². The van der Waals surface area contributed by atoms with E-state index in [1.54, 1.807) is 0 Å². The molecular formula is C12H13BrF2O2S. The SMILES string of the molecule is COC(=O)CC(C)SCc1c(F)ccc(Br)c1F. The second-order valence-corrected chi connectivity index (χ2v) is 6.00. The first-order valence-corrected chi connectivity index (χ1v) is 7.10. The quantitative estimate of drug-likeness (QED) is 0.601. The number of hydrogen-bond donors (Lipinski definition) is 0. The lowest BCUT2D eigenvalue weighted by Gasteiger charge is -2.11. The van der Waals surface area contributed by atoms with Gasteiger partial charge in [-0.05, 0) is 28.1 Å². The van der Waals surface area contributed by atoms with Crippen molar-refractivity contribution in [3.05, 3.63) is 33.8 Å². The van der Waals surface area contributed by atoms with Crippen LogP contribution >= 0.6 is 27.7 Å². The number of esters is 1. The molecule has 0 amide bonds. The summed E-state index contributed by atoms with van der Waals surface area (Å²) in [6, 6.07) is 2.55. The van der Waals surface area contributed by atoms with Gasteiger partial charge in [-0.15, -0.1) is 0 Å². The number of ether oxygens (including phenoxy) is 1. The molecule has 1 aromatic rings. The number of benzene rings is 1. The first-order chi connectivity index (χ1) is 8.45. The van der Waals surface area contributed by atoms with Crippen molar-refractivity contribution in [1.29, 1.82) is 0 Å². The van der Waals surface area contributed by atoms with Gasteiger partial charge in [0.25, 0.3) is 0 Å². The molecule has 0 N–H and O–H groups in total. The van der Waals surface area contributed by atoms with Gasteiger partial charge < -0.3 is 4.74 Å². The highest BCUT2D eigenvalue weighted by Crippen LogP contribution is 2.27. The number of rotatable bonds is 5. The van der Waals surface area contributed by atoms with Crippen molar-refractivity contribution in [3.8, 4) is 0 Å². The zero-order valence-corrected chi connectivity index (χ0v) is 12.4. The molecule has 0 spiro atoms. The van der Waals surface area contributed by atoms with Crippen LogP contribution in [0.15, 0.2) is 16.6 Å². The lowest BCUT2D eigenvalue weighted by molar-refractivity contribution is -0.140. The highest BCUT2D eigenvalue weighted by atomic mass is 79.9. The maximum Gasteiger partial charge on any atom is 0.306 e. The van der Waals surface area contributed by atoms with E-state index in [1.807, 2.05) is 6.92 Å². The summed E-state index contributed by atoms with van der Waals surface area (Å²) in [5.74, 6) is -1.32. The first kappa shape index (κ1) is 15.4. The minimum atomic E-state index is -0.590. The predicted molar refractivity (Wildman–Crippen MR) is 71.4 cm³/mol. The van der Waals surface area contributed by atoms with Crippen LogP contribution in [-0.2, 0) is 15.3 Å². The molecule has 0 radical (unpaired) electrons. The molecule has 6 heteroatoms. The van der Waals surface area contributed by atoms with Crippen LogP contribution in [0.25, 0.3) is 0 Å².